The van der Waals surface area contributed by atoms with Crippen LogP contribution in [0.15, 0.2) is 30.7 Å². The molecule has 14 heavy (non-hydrogen) atoms. The van der Waals surface area contributed by atoms with Crippen LogP contribution in [-0.2, 0) is 0 Å². The average molecular weight is 185 g/mol. The lowest BCUT2D eigenvalue weighted by Crippen LogP contribution is -1.91. The summed E-state index contributed by atoms with van der Waals surface area (Å²) in [5.41, 5.74) is 3.94. The van der Waals surface area contributed by atoms with Crippen molar-refractivity contribution in [3.63, 3.8) is 0 Å². The molecule has 2 heterocycles. The summed E-state index contributed by atoms with van der Waals surface area (Å²) < 4.78 is 0. The summed E-state index contributed by atoms with van der Waals surface area (Å²) in [6.45, 7) is 3.92. The van der Waals surface area contributed by atoms with Gasteiger partial charge in [-0.15, -0.1) is 0 Å². The van der Waals surface area contributed by atoms with Crippen LogP contribution < -0.4 is 0 Å². The minimum atomic E-state index is 0.929. The minimum Gasteiger partial charge on any atom is -0.262 e. The van der Waals surface area contributed by atoms with E-state index in [1.54, 1.807) is 18.6 Å². The van der Waals surface area contributed by atoms with Crippen LogP contribution in [0.25, 0.3) is 11.3 Å². The maximum atomic E-state index is 4.30. The smallest absolute Gasteiger partial charge is 0.0915 e. The van der Waals surface area contributed by atoms with Gasteiger partial charge in [-0.1, -0.05) is 0 Å². The minimum absolute atomic E-state index is 0.929. The molecule has 70 valence electrons. The van der Waals surface area contributed by atoms with Gasteiger partial charge in [0.2, 0.25) is 0 Å². The standard InChI is InChI=1S/C11H11N3/c1-8-7-10(3-4-12-8)11-9(2)13-5-6-14-11/h3-7H,1-2H3. The van der Waals surface area contributed by atoms with Gasteiger partial charge in [0.15, 0.2) is 0 Å². The van der Waals surface area contributed by atoms with Gasteiger partial charge in [-0.3, -0.25) is 15.0 Å². The summed E-state index contributed by atoms with van der Waals surface area (Å²) in [5.74, 6) is 0. The van der Waals surface area contributed by atoms with Gasteiger partial charge in [-0.25, -0.2) is 0 Å². The highest BCUT2D eigenvalue weighted by atomic mass is 14.8. The third-order valence-corrected chi connectivity index (χ3v) is 2.05. The molecule has 0 fully saturated rings. The van der Waals surface area contributed by atoms with Gasteiger partial charge in [-0.05, 0) is 26.0 Å². The highest BCUT2D eigenvalue weighted by molar-refractivity contribution is 5.60. The summed E-state index contributed by atoms with van der Waals surface area (Å²) in [4.78, 5) is 12.6. The number of rotatable bonds is 1. The summed E-state index contributed by atoms with van der Waals surface area (Å²) in [6.07, 6.45) is 5.20. The number of aromatic nitrogens is 3. The maximum Gasteiger partial charge on any atom is 0.0915 e. The van der Waals surface area contributed by atoms with Crippen LogP contribution in [0.2, 0.25) is 0 Å². The van der Waals surface area contributed by atoms with E-state index >= 15 is 0 Å². The second-order valence-electron chi connectivity index (χ2n) is 3.18. The molecular formula is C11H11N3. The number of pyridine rings is 1. The zero-order valence-electron chi connectivity index (χ0n) is 8.23. The molecular weight excluding hydrogens is 174 g/mol. The fourth-order valence-electron chi connectivity index (χ4n) is 1.38. The molecule has 2 rings (SSSR count). The maximum absolute atomic E-state index is 4.30. The Morgan fingerprint density at radius 1 is 0.929 bits per heavy atom. The van der Waals surface area contributed by atoms with Gasteiger partial charge in [0, 0.05) is 29.8 Å². The van der Waals surface area contributed by atoms with Gasteiger partial charge >= 0.3 is 0 Å². The Morgan fingerprint density at radius 3 is 2.43 bits per heavy atom. The normalized spacial score (nSPS) is 10.1. The van der Waals surface area contributed by atoms with E-state index in [4.69, 9.17) is 0 Å². The quantitative estimate of drug-likeness (QED) is 0.683. The van der Waals surface area contributed by atoms with E-state index in [-0.39, 0.29) is 0 Å². The Hall–Kier alpha value is -1.77. The molecule has 0 aliphatic rings. The molecule has 2 aromatic heterocycles. The Kier molecular flexibility index (Phi) is 2.23. The third-order valence-electron chi connectivity index (χ3n) is 2.05. The monoisotopic (exact) mass is 185 g/mol. The van der Waals surface area contributed by atoms with Crippen molar-refractivity contribution in [3.8, 4) is 11.3 Å². The lowest BCUT2D eigenvalue weighted by Gasteiger charge is -2.03. The lowest BCUT2D eigenvalue weighted by molar-refractivity contribution is 1.11. The summed E-state index contributed by atoms with van der Waals surface area (Å²) in [5, 5.41) is 0. The van der Waals surface area contributed by atoms with Gasteiger partial charge in [0.25, 0.3) is 0 Å². The zero-order valence-corrected chi connectivity index (χ0v) is 8.23. The molecule has 0 aromatic carbocycles. The van der Waals surface area contributed by atoms with Gasteiger partial charge < -0.3 is 0 Å². The second kappa shape index (κ2) is 3.54. The van der Waals surface area contributed by atoms with Crippen molar-refractivity contribution >= 4 is 0 Å². The predicted octanol–water partition coefficient (Wildman–Crippen LogP) is 2.16. The summed E-state index contributed by atoms with van der Waals surface area (Å²) in [7, 11) is 0. The fourth-order valence-corrected chi connectivity index (χ4v) is 1.38. The van der Waals surface area contributed by atoms with Crippen LogP contribution in [0.3, 0.4) is 0 Å². The van der Waals surface area contributed by atoms with Crippen molar-refractivity contribution in [2.45, 2.75) is 13.8 Å². The third kappa shape index (κ3) is 1.62. The topological polar surface area (TPSA) is 38.7 Å². The number of hydrogen-bond acceptors (Lipinski definition) is 3. The van der Waals surface area contributed by atoms with Gasteiger partial charge in [-0.2, -0.15) is 0 Å². The highest BCUT2D eigenvalue weighted by Gasteiger charge is 2.03. The zero-order chi connectivity index (χ0) is 9.97. The van der Waals surface area contributed by atoms with Gasteiger partial charge in [0.1, 0.15) is 0 Å². The Morgan fingerprint density at radius 2 is 1.71 bits per heavy atom. The van der Waals surface area contributed by atoms with Crippen molar-refractivity contribution in [2.75, 3.05) is 0 Å². The number of aryl methyl sites for hydroxylation is 2. The highest BCUT2D eigenvalue weighted by Crippen LogP contribution is 2.18. The van der Waals surface area contributed by atoms with Crippen LogP contribution in [0.4, 0.5) is 0 Å². The van der Waals surface area contributed by atoms with Crippen molar-refractivity contribution < 1.29 is 0 Å². The van der Waals surface area contributed by atoms with E-state index in [0.29, 0.717) is 0 Å². The Labute approximate surface area is 82.9 Å². The van der Waals surface area contributed by atoms with E-state index in [1.165, 1.54) is 0 Å². The largest absolute Gasteiger partial charge is 0.262 e. The molecule has 0 atom stereocenters. The van der Waals surface area contributed by atoms with Crippen LogP contribution in [0.1, 0.15) is 11.4 Å². The summed E-state index contributed by atoms with van der Waals surface area (Å²) >= 11 is 0. The van der Waals surface area contributed by atoms with Crippen molar-refractivity contribution in [1.29, 1.82) is 0 Å². The predicted molar refractivity (Wildman–Crippen MR) is 54.7 cm³/mol. The molecule has 0 bridgehead atoms. The van der Waals surface area contributed by atoms with E-state index in [0.717, 1.165) is 22.6 Å². The van der Waals surface area contributed by atoms with E-state index in [9.17, 15) is 0 Å². The van der Waals surface area contributed by atoms with Gasteiger partial charge in [0.05, 0.1) is 11.4 Å². The van der Waals surface area contributed by atoms with E-state index < -0.39 is 0 Å². The first-order valence-electron chi connectivity index (χ1n) is 4.48. The van der Waals surface area contributed by atoms with Crippen molar-refractivity contribution in [2.24, 2.45) is 0 Å². The fraction of sp³-hybridized carbons (Fsp3) is 0.182. The number of hydrogen-bond donors (Lipinski definition) is 0. The Bertz CT molecular complexity index is 452. The number of nitrogens with zero attached hydrogens (tertiary/aromatic N) is 3. The molecule has 0 saturated carbocycles. The Balaban J connectivity index is 2.55. The molecule has 3 heteroatoms. The molecule has 2 aromatic rings. The first-order chi connectivity index (χ1) is 6.77. The summed E-state index contributed by atoms with van der Waals surface area (Å²) in [6, 6.07) is 3.96. The van der Waals surface area contributed by atoms with Crippen LogP contribution in [-0.4, -0.2) is 15.0 Å². The molecule has 0 unspecified atom stereocenters. The lowest BCUT2D eigenvalue weighted by atomic mass is 10.1. The van der Waals surface area contributed by atoms with Crippen molar-refractivity contribution in [1.82, 2.24) is 15.0 Å². The van der Waals surface area contributed by atoms with E-state index in [1.807, 2.05) is 26.0 Å². The molecule has 0 aliphatic carbocycles. The molecule has 0 amide bonds. The average Bonchev–Trinajstić information content (AvgIpc) is 2.18. The molecule has 0 saturated heterocycles. The molecule has 0 aliphatic heterocycles. The molecule has 0 radical (unpaired) electrons. The SMILES string of the molecule is Cc1cc(-c2nccnc2C)ccn1. The first-order valence-corrected chi connectivity index (χ1v) is 4.48. The first kappa shape index (κ1) is 8.81. The van der Waals surface area contributed by atoms with Crippen LogP contribution in [0.5, 0.6) is 0 Å². The second-order valence-corrected chi connectivity index (χ2v) is 3.18. The van der Waals surface area contributed by atoms with Crippen molar-refractivity contribution in [3.05, 3.63) is 42.1 Å². The van der Waals surface area contributed by atoms with Crippen LogP contribution in [0, 0.1) is 13.8 Å². The molecule has 3 nitrogen and oxygen atoms in total. The molecule has 0 spiro atoms. The molecule has 0 N–H and O–H groups in total. The van der Waals surface area contributed by atoms with Crippen LogP contribution >= 0.6 is 0 Å². The van der Waals surface area contributed by atoms with E-state index in [2.05, 4.69) is 15.0 Å².